The largest absolute Gasteiger partial charge is 0.304 e. The molecule has 23 heavy (non-hydrogen) atoms. The van der Waals surface area contributed by atoms with E-state index in [1.807, 2.05) is 0 Å². The van der Waals surface area contributed by atoms with Crippen LogP contribution in [0, 0.1) is 0 Å². The zero-order valence-corrected chi connectivity index (χ0v) is 14.6. The Morgan fingerprint density at radius 3 is 2.30 bits per heavy atom. The fraction of sp³-hybridized carbons (Fsp3) is 0.562. The number of carbonyl (C=O) groups excluding carboxylic acids is 1. The van der Waals surface area contributed by atoms with Crippen LogP contribution in [0.3, 0.4) is 0 Å². The maximum atomic E-state index is 12.2. The molecular weight excluding hydrogens is 314 g/mol. The molecule has 1 aromatic rings. The van der Waals surface area contributed by atoms with E-state index in [0.717, 1.165) is 39.1 Å². The van der Waals surface area contributed by atoms with Crippen molar-refractivity contribution in [3.8, 4) is 0 Å². The zero-order valence-electron chi connectivity index (χ0n) is 13.8. The third-order valence-corrected chi connectivity index (χ3v) is 5.59. The summed E-state index contributed by atoms with van der Waals surface area (Å²) >= 11 is 0. The molecule has 0 saturated carbocycles. The van der Waals surface area contributed by atoms with Gasteiger partial charge in [-0.15, -0.1) is 0 Å². The van der Waals surface area contributed by atoms with Gasteiger partial charge in [0.25, 0.3) is 0 Å². The van der Waals surface area contributed by atoms with Crippen molar-refractivity contribution in [3.63, 3.8) is 0 Å². The molecular formula is C16H25N3O3S. The van der Waals surface area contributed by atoms with Crippen molar-refractivity contribution in [3.05, 3.63) is 29.8 Å². The van der Waals surface area contributed by atoms with Gasteiger partial charge in [0.1, 0.15) is 0 Å². The second-order valence-corrected chi connectivity index (χ2v) is 7.74. The van der Waals surface area contributed by atoms with E-state index < -0.39 is 10.0 Å². The number of hydrogen-bond donors (Lipinski definition) is 1. The number of nitrogens with zero attached hydrogens (tertiary/aromatic N) is 2. The van der Waals surface area contributed by atoms with Gasteiger partial charge in [0.2, 0.25) is 10.0 Å². The molecule has 0 unspecified atom stereocenters. The van der Waals surface area contributed by atoms with E-state index in [2.05, 4.69) is 21.6 Å². The van der Waals surface area contributed by atoms with Gasteiger partial charge in [-0.25, -0.2) is 13.1 Å². The molecule has 0 spiro atoms. The lowest BCUT2D eigenvalue weighted by Gasteiger charge is -2.32. The summed E-state index contributed by atoms with van der Waals surface area (Å²) in [6, 6.07) is 6.03. The van der Waals surface area contributed by atoms with Crippen LogP contribution in [0.5, 0.6) is 0 Å². The summed E-state index contributed by atoms with van der Waals surface area (Å²) < 4.78 is 27.0. The van der Waals surface area contributed by atoms with Crippen molar-refractivity contribution in [1.29, 1.82) is 0 Å². The van der Waals surface area contributed by atoms with E-state index >= 15 is 0 Å². The van der Waals surface area contributed by atoms with Crippen molar-refractivity contribution < 1.29 is 13.2 Å². The molecule has 1 fully saturated rings. The molecule has 6 nitrogen and oxygen atoms in total. The lowest BCUT2D eigenvalue weighted by atomic mass is 10.2. The molecule has 1 saturated heterocycles. The summed E-state index contributed by atoms with van der Waals surface area (Å²) in [6.07, 6.45) is 0.786. The molecule has 7 heteroatoms. The number of carbonyl (C=O) groups is 1. The Kier molecular flexibility index (Phi) is 6.29. The third-order valence-electron chi connectivity index (χ3n) is 4.11. The lowest BCUT2D eigenvalue weighted by Crippen LogP contribution is -2.45. The number of benzene rings is 1. The van der Waals surface area contributed by atoms with Crippen LogP contribution in [0.1, 0.15) is 23.7 Å². The second-order valence-electron chi connectivity index (χ2n) is 5.98. The summed E-state index contributed by atoms with van der Waals surface area (Å²) in [4.78, 5) is 16.1. The van der Waals surface area contributed by atoms with E-state index in [0.29, 0.717) is 12.1 Å². The van der Waals surface area contributed by atoms with Gasteiger partial charge in [-0.05, 0) is 39.1 Å². The van der Waals surface area contributed by atoms with Gasteiger partial charge in [0.05, 0.1) is 4.90 Å². The number of rotatable bonds is 7. The predicted molar refractivity (Wildman–Crippen MR) is 90.2 cm³/mol. The topological polar surface area (TPSA) is 69.7 Å². The molecule has 0 atom stereocenters. The van der Waals surface area contributed by atoms with Gasteiger partial charge in [-0.2, -0.15) is 0 Å². The van der Waals surface area contributed by atoms with Gasteiger partial charge in [0, 0.05) is 38.3 Å². The van der Waals surface area contributed by atoms with Crippen LogP contribution in [0.4, 0.5) is 0 Å². The SMILES string of the molecule is CC(=O)c1ccc(S(=O)(=O)NCCCN2CCN(C)CC2)cc1. The molecule has 1 N–H and O–H groups in total. The van der Waals surface area contributed by atoms with Crippen LogP contribution in [-0.2, 0) is 10.0 Å². The fourth-order valence-electron chi connectivity index (χ4n) is 2.53. The Hall–Kier alpha value is -1.28. The molecule has 128 valence electrons. The number of ketones is 1. The van der Waals surface area contributed by atoms with Crippen LogP contribution in [0.2, 0.25) is 0 Å². The Labute approximate surface area is 138 Å². The van der Waals surface area contributed by atoms with Gasteiger partial charge in [-0.3, -0.25) is 4.79 Å². The highest BCUT2D eigenvalue weighted by Gasteiger charge is 2.15. The number of likely N-dealkylation sites (N-methyl/N-ethyl adjacent to an activating group) is 1. The molecule has 0 amide bonds. The molecule has 0 radical (unpaired) electrons. The Morgan fingerprint density at radius 2 is 1.74 bits per heavy atom. The molecule has 1 aliphatic rings. The number of piperazine rings is 1. The normalized spacial score (nSPS) is 17.3. The predicted octanol–water partition coefficient (Wildman–Crippen LogP) is 0.805. The highest BCUT2D eigenvalue weighted by Crippen LogP contribution is 2.11. The van der Waals surface area contributed by atoms with Gasteiger partial charge >= 0.3 is 0 Å². The van der Waals surface area contributed by atoms with Crippen molar-refractivity contribution in [2.45, 2.75) is 18.2 Å². The minimum absolute atomic E-state index is 0.0749. The number of hydrogen-bond acceptors (Lipinski definition) is 5. The van der Waals surface area contributed by atoms with Crippen molar-refractivity contribution in [2.75, 3.05) is 46.3 Å². The summed E-state index contributed by atoms with van der Waals surface area (Å²) in [6.45, 7) is 6.98. The smallest absolute Gasteiger partial charge is 0.240 e. The first kappa shape index (κ1) is 18.1. The average Bonchev–Trinajstić information content (AvgIpc) is 2.53. The fourth-order valence-corrected chi connectivity index (χ4v) is 3.61. The third kappa shape index (κ3) is 5.39. The quantitative estimate of drug-likeness (QED) is 0.588. The van der Waals surface area contributed by atoms with E-state index in [1.54, 1.807) is 12.1 Å². The first-order valence-corrected chi connectivity index (χ1v) is 9.38. The van der Waals surface area contributed by atoms with Crippen LogP contribution in [-0.4, -0.2) is 70.3 Å². The number of nitrogens with one attached hydrogen (secondary N) is 1. The summed E-state index contributed by atoms with van der Waals surface area (Å²) in [5.41, 5.74) is 0.513. The first-order chi connectivity index (χ1) is 10.9. The van der Waals surface area contributed by atoms with Gasteiger partial charge < -0.3 is 9.80 Å². The molecule has 0 aromatic heterocycles. The minimum atomic E-state index is -3.50. The molecule has 0 bridgehead atoms. The number of sulfonamides is 1. The van der Waals surface area contributed by atoms with Crippen molar-refractivity contribution in [2.24, 2.45) is 0 Å². The minimum Gasteiger partial charge on any atom is -0.304 e. The van der Waals surface area contributed by atoms with E-state index in [1.165, 1.54) is 19.1 Å². The monoisotopic (exact) mass is 339 g/mol. The highest BCUT2D eigenvalue weighted by atomic mass is 32.2. The van der Waals surface area contributed by atoms with Gasteiger partial charge in [-0.1, -0.05) is 12.1 Å². The summed E-state index contributed by atoms with van der Waals surface area (Å²) in [7, 11) is -1.39. The zero-order chi connectivity index (χ0) is 16.9. The molecule has 1 aromatic carbocycles. The highest BCUT2D eigenvalue weighted by molar-refractivity contribution is 7.89. The standard InChI is InChI=1S/C16H25N3O3S/c1-14(20)15-4-6-16(7-5-15)23(21,22)17-8-3-9-19-12-10-18(2)11-13-19/h4-7,17H,3,8-13H2,1-2H3. The Morgan fingerprint density at radius 1 is 1.13 bits per heavy atom. The van der Waals surface area contributed by atoms with Crippen LogP contribution >= 0.6 is 0 Å². The van der Waals surface area contributed by atoms with Crippen LogP contribution in [0.25, 0.3) is 0 Å². The number of Topliss-reactive ketones (excluding diaryl/α,β-unsaturated/α-hetero) is 1. The molecule has 1 heterocycles. The van der Waals surface area contributed by atoms with E-state index in [9.17, 15) is 13.2 Å². The summed E-state index contributed by atoms with van der Waals surface area (Å²) in [5.74, 6) is -0.0749. The molecule has 2 rings (SSSR count). The first-order valence-electron chi connectivity index (χ1n) is 7.90. The van der Waals surface area contributed by atoms with Gasteiger partial charge in [0.15, 0.2) is 5.78 Å². The maximum Gasteiger partial charge on any atom is 0.240 e. The average molecular weight is 339 g/mol. The Bertz CT molecular complexity index is 620. The molecule has 1 aliphatic heterocycles. The second kappa shape index (κ2) is 8.01. The maximum absolute atomic E-state index is 12.2. The lowest BCUT2D eigenvalue weighted by molar-refractivity contribution is 0.101. The molecule has 0 aliphatic carbocycles. The van der Waals surface area contributed by atoms with E-state index in [-0.39, 0.29) is 10.7 Å². The van der Waals surface area contributed by atoms with Crippen molar-refractivity contribution >= 4 is 15.8 Å². The summed E-state index contributed by atoms with van der Waals surface area (Å²) in [5, 5.41) is 0. The van der Waals surface area contributed by atoms with Crippen molar-refractivity contribution in [1.82, 2.24) is 14.5 Å². The van der Waals surface area contributed by atoms with E-state index in [4.69, 9.17) is 0 Å². The van der Waals surface area contributed by atoms with Crippen LogP contribution < -0.4 is 4.72 Å². The Balaban J connectivity index is 1.78. The van der Waals surface area contributed by atoms with Crippen LogP contribution in [0.15, 0.2) is 29.2 Å².